The normalized spacial score (nSPS) is 15.2. The number of nitrogens with one attached hydrogen (secondary N) is 2. The topological polar surface area (TPSA) is 113 Å². The summed E-state index contributed by atoms with van der Waals surface area (Å²) in [5.41, 5.74) is 0.326. The molecular formula is C32H30ClF3N8O. The summed E-state index contributed by atoms with van der Waals surface area (Å²) < 4.78 is 44.3. The molecule has 2 N–H and O–H groups in total. The zero-order chi connectivity index (χ0) is 32.3. The Morgan fingerprint density at radius 3 is 2.56 bits per heavy atom. The van der Waals surface area contributed by atoms with Gasteiger partial charge in [-0.1, -0.05) is 49.7 Å². The van der Waals surface area contributed by atoms with Crippen molar-refractivity contribution < 1.29 is 13.2 Å². The summed E-state index contributed by atoms with van der Waals surface area (Å²) >= 11 is 6.74. The molecule has 1 aliphatic rings. The van der Waals surface area contributed by atoms with Crippen LogP contribution in [0.1, 0.15) is 56.5 Å². The summed E-state index contributed by atoms with van der Waals surface area (Å²) in [6, 6.07) is 11.8. The highest BCUT2D eigenvalue weighted by atomic mass is 35.5. The molecule has 13 heteroatoms. The van der Waals surface area contributed by atoms with Crippen molar-refractivity contribution in [3.05, 3.63) is 87.2 Å². The molecule has 0 spiro atoms. The number of aryl methyl sites for hydroxylation is 1. The summed E-state index contributed by atoms with van der Waals surface area (Å²) in [6.45, 7) is 6.76. The van der Waals surface area contributed by atoms with Gasteiger partial charge in [0.15, 0.2) is 5.54 Å². The van der Waals surface area contributed by atoms with Crippen LogP contribution < -0.4 is 16.2 Å². The first-order chi connectivity index (χ1) is 21.2. The van der Waals surface area contributed by atoms with Crippen LogP contribution in [0.5, 0.6) is 0 Å². The molecule has 0 bridgehead atoms. The van der Waals surface area contributed by atoms with Crippen molar-refractivity contribution in [2.24, 2.45) is 12.5 Å². The molecule has 1 unspecified atom stereocenters. The van der Waals surface area contributed by atoms with E-state index in [0.29, 0.717) is 55.7 Å². The predicted molar refractivity (Wildman–Crippen MR) is 167 cm³/mol. The summed E-state index contributed by atoms with van der Waals surface area (Å²) in [5, 5.41) is 26.7. The van der Waals surface area contributed by atoms with E-state index in [4.69, 9.17) is 11.6 Å². The van der Waals surface area contributed by atoms with Crippen LogP contribution in [0.3, 0.4) is 0 Å². The third kappa shape index (κ3) is 5.46. The fraction of sp³-hybridized carbons (Fsp3) is 0.344. The Labute approximate surface area is 261 Å². The maximum Gasteiger partial charge on any atom is 0.413 e. The molecule has 45 heavy (non-hydrogen) atoms. The molecule has 1 aliphatic carbocycles. The lowest BCUT2D eigenvalue weighted by molar-refractivity contribution is -0.182. The molecule has 2 aromatic carbocycles. The fourth-order valence-electron chi connectivity index (χ4n) is 5.48. The van der Waals surface area contributed by atoms with E-state index in [-0.39, 0.29) is 29.5 Å². The first-order valence-electron chi connectivity index (χ1n) is 14.3. The first-order valence-corrected chi connectivity index (χ1v) is 14.7. The molecule has 0 saturated heterocycles. The van der Waals surface area contributed by atoms with E-state index in [1.165, 1.54) is 17.0 Å². The van der Waals surface area contributed by atoms with E-state index < -0.39 is 17.8 Å². The van der Waals surface area contributed by atoms with Crippen molar-refractivity contribution in [2.75, 3.05) is 17.2 Å². The van der Waals surface area contributed by atoms with Crippen molar-refractivity contribution in [2.45, 2.75) is 51.4 Å². The number of halogens is 4. The molecule has 1 fully saturated rings. The van der Waals surface area contributed by atoms with E-state index in [0.717, 1.165) is 4.68 Å². The number of benzene rings is 2. The standard InChI is InChI=1S/C32H30ClF3N8O/c1-30(2,3)17-39-26-18(14-37)15-38-27-23(26)12-19(13-24(27)33)40-28(21-6-5-7-22-20(21)8-11-43(4)29(22)45)25-16-44(42-41-25)31(9-10-31)32(34,35)36/h5-8,11-13,15-16,28,40H,9-10,17H2,1-4H3,(H,38,39). The Kier molecular flexibility index (Phi) is 7.27. The Bertz CT molecular complexity index is 2050. The Balaban J connectivity index is 1.52. The maximum absolute atomic E-state index is 14.0. The van der Waals surface area contributed by atoms with Crippen molar-refractivity contribution >= 4 is 44.7 Å². The molecule has 232 valence electrons. The van der Waals surface area contributed by atoms with Crippen molar-refractivity contribution in [1.29, 1.82) is 5.26 Å². The second-order valence-corrected chi connectivity index (χ2v) is 13.1. The van der Waals surface area contributed by atoms with Crippen molar-refractivity contribution in [3.8, 4) is 6.07 Å². The van der Waals surface area contributed by atoms with Gasteiger partial charge in [0.2, 0.25) is 0 Å². The molecule has 1 atom stereocenters. The van der Waals surface area contributed by atoms with Crippen LogP contribution in [0.2, 0.25) is 5.02 Å². The fourth-order valence-corrected chi connectivity index (χ4v) is 5.75. The lowest BCUT2D eigenvalue weighted by atomic mass is 9.96. The Morgan fingerprint density at radius 2 is 1.89 bits per heavy atom. The van der Waals surface area contributed by atoms with Crippen LogP contribution >= 0.6 is 11.6 Å². The minimum Gasteiger partial charge on any atom is -0.383 e. The van der Waals surface area contributed by atoms with E-state index in [1.54, 1.807) is 49.6 Å². The molecule has 1 saturated carbocycles. The molecule has 6 rings (SSSR count). The molecule has 3 heterocycles. The average Bonchev–Trinajstić information content (AvgIpc) is 3.67. The monoisotopic (exact) mass is 634 g/mol. The van der Waals surface area contributed by atoms with Crippen LogP contribution in [0, 0.1) is 16.7 Å². The van der Waals surface area contributed by atoms with E-state index >= 15 is 0 Å². The number of pyridine rings is 2. The second kappa shape index (κ2) is 10.8. The molecule has 5 aromatic rings. The lowest BCUT2D eigenvalue weighted by Crippen LogP contribution is -2.35. The van der Waals surface area contributed by atoms with E-state index in [2.05, 4.69) is 52.8 Å². The highest BCUT2D eigenvalue weighted by molar-refractivity contribution is 6.35. The second-order valence-electron chi connectivity index (χ2n) is 12.7. The number of anilines is 2. The summed E-state index contributed by atoms with van der Waals surface area (Å²) in [6.07, 6.45) is -0.230. The summed E-state index contributed by atoms with van der Waals surface area (Å²) in [4.78, 5) is 17.4. The predicted octanol–water partition coefficient (Wildman–Crippen LogP) is 6.91. The van der Waals surface area contributed by atoms with Gasteiger partial charge >= 0.3 is 6.18 Å². The number of alkyl halides is 3. The van der Waals surface area contributed by atoms with E-state index in [1.807, 2.05) is 0 Å². The SMILES string of the molecule is Cn1ccc2c(C(Nc3cc(Cl)c4ncc(C#N)c(NCC(C)(C)C)c4c3)c3cn(C4(C(F)(F)F)CC4)nn3)cccc2c1=O. The lowest BCUT2D eigenvalue weighted by Gasteiger charge is -2.23. The number of nitriles is 1. The molecule has 3 aromatic heterocycles. The van der Waals surface area contributed by atoms with Gasteiger partial charge in [-0.3, -0.25) is 9.78 Å². The minimum atomic E-state index is -4.49. The zero-order valence-corrected chi connectivity index (χ0v) is 25.8. The molecular weight excluding hydrogens is 605 g/mol. The average molecular weight is 635 g/mol. The van der Waals surface area contributed by atoms with Gasteiger partial charge in [0.05, 0.1) is 34.0 Å². The number of hydrogen-bond donors (Lipinski definition) is 2. The number of fused-ring (bicyclic) bond motifs is 2. The zero-order valence-electron chi connectivity index (χ0n) is 25.0. The van der Waals surface area contributed by atoms with Crippen LogP contribution in [0.15, 0.2) is 59.8 Å². The van der Waals surface area contributed by atoms with Gasteiger partial charge < -0.3 is 15.2 Å². The third-order valence-corrected chi connectivity index (χ3v) is 8.40. The minimum absolute atomic E-state index is 0.0828. The highest BCUT2D eigenvalue weighted by Gasteiger charge is 2.66. The Hall–Kier alpha value is -4.63. The molecule has 0 aliphatic heterocycles. The van der Waals surface area contributed by atoms with E-state index in [9.17, 15) is 23.2 Å². The van der Waals surface area contributed by atoms with Gasteiger partial charge in [-0.05, 0) is 53.5 Å². The first kappa shape index (κ1) is 30.4. The summed E-state index contributed by atoms with van der Waals surface area (Å²) in [7, 11) is 1.65. The maximum atomic E-state index is 14.0. The quantitative estimate of drug-likeness (QED) is 0.200. The van der Waals surface area contributed by atoms with Crippen molar-refractivity contribution in [1.82, 2.24) is 24.5 Å². The third-order valence-electron chi connectivity index (χ3n) is 8.11. The Morgan fingerprint density at radius 1 is 1.13 bits per heavy atom. The number of nitrogens with zero attached hydrogens (tertiary/aromatic N) is 6. The molecule has 0 radical (unpaired) electrons. The number of aromatic nitrogens is 5. The van der Waals surface area contributed by atoms with Gasteiger partial charge in [-0.2, -0.15) is 18.4 Å². The molecule has 9 nitrogen and oxygen atoms in total. The van der Waals surface area contributed by atoms with Gasteiger partial charge in [-0.25, -0.2) is 4.68 Å². The number of hydrogen-bond acceptors (Lipinski definition) is 7. The highest BCUT2D eigenvalue weighted by Crippen LogP contribution is 2.55. The van der Waals surface area contributed by atoms with Crippen molar-refractivity contribution in [3.63, 3.8) is 0 Å². The summed E-state index contributed by atoms with van der Waals surface area (Å²) in [5.74, 6) is 0. The van der Waals surface area contributed by atoms with Gasteiger partial charge in [0.25, 0.3) is 5.56 Å². The van der Waals surface area contributed by atoms with Crippen LogP contribution in [-0.4, -0.2) is 37.3 Å². The van der Waals surface area contributed by atoms with Gasteiger partial charge in [-0.15, -0.1) is 5.10 Å². The molecule has 0 amide bonds. The van der Waals surface area contributed by atoms with Crippen LogP contribution in [-0.2, 0) is 12.6 Å². The van der Waals surface area contributed by atoms with Crippen LogP contribution in [0.25, 0.3) is 21.7 Å². The number of rotatable bonds is 7. The largest absolute Gasteiger partial charge is 0.413 e. The van der Waals surface area contributed by atoms with Crippen LogP contribution in [0.4, 0.5) is 24.5 Å². The smallest absolute Gasteiger partial charge is 0.383 e. The van der Waals surface area contributed by atoms with Gasteiger partial charge in [0.1, 0.15) is 11.8 Å². The van der Waals surface area contributed by atoms with Gasteiger partial charge in [0, 0.05) is 42.4 Å².